The molecule has 0 N–H and O–H groups in total. The van der Waals surface area contributed by atoms with E-state index in [1.165, 1.54) is 0 Å². The van der Waals surface area contributed by atoms with Crippen LogP contribution in [0.4, 0.5) is 0 Å². The largest absolute Gasteiger partial charge is 0.358 e. The molecule has 0 bridgehead atoms. The number of nitrogens with zero attached hydrogens (tertiary/aromatic N) is 1. The molecule has 0 fully saturated rings. The lowest BCUT2D eigenvalue weighted by molar-refractivity contribution is 0.631. The van der Waals surface area contributed by atoms with E-state index in [-0.39, 0.29) is 0 Å². The minimum absolute atomic E-state index is 1.69. The van der Waals surface area contributed by atoms with Gasteiger partial charge in [0.15, 0.2) is 0 Å². The second-order valence-corrected chi connectivity index (χ2v) is 1.03. The van der Waals surface area contributed by atoms with Crippen molar-refractivity contribution in [3.05, 3.63) is 25.6 Å². The normalized spacial score (nSPS) is 5.30. The van der Waals surface area contributed by atoms with Crippen LogP contribution in [0.5, 0.6) is 0 Å². The topological polar surface area (TPSA) is 3.24 Å². The lowest BCUT2D eigenvalue weighted by Gasteiger charge is -2.00. The lowest BCUT2D eigenvalue weighted by atomic mass is 10.8. The minimum atomic E-state index is 1.69. The third kappa shape index (κ3) is 26.7. The van der Waals surface area contributed by atoms with Gasteiger partial charge in [-0.3, -0.25) is 0 Å². The molecule has 0 aliphatic carbocycles. The summed E-state index contributed by atoms with van der Waals surface area (Å²) in [7, 11) is 1.88. The van der Waals surface area contributed by atoms with E-state index in [9.17, 15) is 0 Å². The van der Waals surface area contributed by atoms with Crippen molar-refractivity contribution in [2.24, 2.45) is 0 Å². The average molecular weight is 143 g/mol. The molecule has 0 saturated heterocycles. The van der Waals surface area contributed by atoms with Crippen LogP contribution >= 0.6 is 0 Å². The summed E-state index contributed by atoms with van der Waals surface area (Å²) < 4.78 is 0. The van der Waals surface area contributed by atoms with Crippen LogP contribution < -0.4 is 0 Å². The van der Waals surface area contributed by atoms with Gasteiger partial charge in [0.1, 0.15) is 0 Å². The van der Waals surface area contributed by atoms with Gasteiger partial charge in [-0.1, -0.05) is 40.9 Å². The van der Waals surface area contributed by atoms with E-state index in [0.29, 0.717) is 0 Å². The van der Waals surface area contributed by atoms with Crippen molar-refractivity contribution in [2.75, 3.05) is 7.05 Å². The molecule has 0 radical (unpaired) electrons. The van der Waals surface area contributed by atoms with E-state index in [4.69, 9.17) is 0 Å². The van der Waals surface area contributed by atoms with Gasteiger partial charge in [-0.25, -0.2) is 0 Å². The van der Waals surface area contributed by atoms with Crippen molar-refractivity contribution in [3.8, 4) is 0 Å². The van der Waals surface area contributed by atoms with E-state index in [1.54, 1.807) is 17.3 Å². The Bertz CT molecular complexity index is 49.7. The first kappa shape index (κ1) is 16.1. The zero-order valence-electron chi connectivity index (χ0n) is 8.02. The van der Waals surface area contributed by atoms with E-state index in [1.807, 2.05) is 34.7 Å². The van der Waals surface area contributed by atoms with Crippen LogP contribution in [0.3, 0.4) is 0 Å². The second kappa shape index (κ2) is 24.0. The number of rotatable bonds is 2. The van der Waals surface area contributed by atoms with E-state index < -0.39 is 0 Å². The quantitative estimate of drug-likeness (QED) is 0.573. The van der Waals surface area contributed by atoms with Gasteiger partial charge < -0.3 is 4.90 Å². The molecule has 10 heavy (non-hydrogen) atoms. The van der Waals surface area contributed by atoms with Gasteiger partial charge in [-0.15, -0.1) is 0 Å². The summed E-state index contributed by atoms with van der Waals surface area (Å²) in [6, 6.07) is 0. The Morgan fingerprint density at radius 3 is 1.10 bits per heavy atom. The first-order valence-corrected chi connectivity index (χ1v) is 3.78. The molecule has 0 unspecified atom stereocenters. The van der Waals surface area contributed by atoms with Crippen molar-refractivity contribution in [1.82, 2.24) is 4.90 Å². The van der Waals surface area contributed by atoms with Gasteiger partial charge in [0.2, 0.25) is 0 Å². The van der Waals surface area contributed by atoms with Crippen molar-refractivity contribution < 1.29 is 0 Å². The Kier molecular flexibility index (Phi) is 38.6. The summed E-state index contributed by atoms with van der Waals surface area (Å²) in [6.45, 7) is 15.0. The molecule has 0 aliphatic heterocycles. The van der Waals surface area contributed by atoms with Crippen LogP contribution in [0.2, 0.25) is 0 Å². The standard InChI is InChI=1S/C5H9N.2C2H6/c1-4-6(3)5-2;2*1-2/h4-5H,1-2H2,3H3;2*1-2H3. The lowest BCUT2D eigenvalue weighted by Crippen LogP contribution is -1.96. The molecule has 0 aliphatic rings. The maximum Gasteiger partial charge on any atom is 0.0106 e. The Morgan fingerprint density at radius 2 is 1.10 bits per heavy atom. The molecule has 0 saturated carbocycles. The summed E-state index contributed by atoms with van der Waals surface area (Å²) in [5.41, 5.74) is 0. The minimum Gasteiger partial charge on any atom is -0.358 e. The molecule has 0 spiro atoms. The van der Waals surface area contributed by atoms with Crippen LogP contribution in [-0.4, -0.2) is 11.9 Å². The van der Waals surface area contributed by atoms with Crippen molar-refractivity contribution in [1.29, 1.82) is 0 Å². The van der Waals surface area contributed by atoms with Gasteiger partial charge in [0.25, 0.3) is 0 Å². The molecule has 0 aromatic carbocycles. The number of hydrogen-bond donors (Lipinski definition) is 0. The van der Waals surface area contributed by atoms with Crippen LogP contribution in [0, 0.1) is 0 Å². The van der Waals surface area contributed by atoms with Crippen LogP contribution in [0.25, 0.3) is 0 Å². The highest BCUT2D eigenvalue weighted by molar-refractivity contribution is 4.75. The maximum atomic E-state index is 3.49. The van der Waals surface area contributed by atoms with Crippen LogP contribution in [-0.2, 0) is 0 Å². The van der Waals surface area contributed by atoms with Gasteiger partial charge in [-0.2, -0.15) is 0 Å². The monoisotopic (exact) mass is 143 g/mol. The van der Waals surface area contributed by atoms with Crippen molar-refractivity contribution in [3.63, 3.8) is 0 Å². The first-order chi connectivity index (χ1) is 4.81. The predicted octanol–water partition coefficient (Wildman–Crippen LogP) is 3.26. The Hall–Kier alpha value is -0.720. The molecular formula is C9H21N. The fourth-order valence-electron chi connectivity index (χ4n) is 0.0745. The van der Waals surface area contributed by atoms with E-state index in [0.717, 1.165) is 0 Å². The SMILES string of the molecule is C=CN(C)C=C.CC.CC. The summed E-state index contributed by atoms with van der Waals surface area (Å²) in [4.78, 5) is 1.78. The van der Waals surface area contributed by atoms with Crippen LogP contribution in [0.1, 0.15) is 27.7 Å². The van der Waals surface area contributed by atoms with Crippen LogP contribution in [0.15, 0.2) is 25.6 Å². The molecule has 1 heteroatoms. The Morgan fingerprint density at radius 1 is 0.900 bits per heavy atom. The smallest absolute Gasteiger partial charge is 0.0106 e. The van der Waals surface area contributed by atoms with Gasteiger partial charge in [-0.05, 0) is 12.4 Å². The predicted molar refractivity (Wildman–Crippen MR) is 50.9 cm³/mol. The Balaban J connectivity index is -0.000000105. The molecule has 0 heterocycles. The zero-order chi connectivity index (χ0) is 8.99. The third-order valence-corrected chi connectivity index (χ3v) is 0.576. The van der Waals surface area contributed by atoms with E-state index >= 15 is 0 Å². The molecule has 0 aromatic heterocycles. The fraction of sp³-hybridized carbons (Fsp3) is 0.556. The molecule has 1 nitrogen and oxygen atoms in total. The third-order valence-electron chi connectivity index (χ3n) is 0.576. The summed E-state index contributed by atoms with van der Waals surface area (Å²) in [6.07, 6.45) is 3.38. The maximum absolute atomic E-state index is 3.49. The zero-order valence-corrected chi connectivity index (χ0v) is 8.02. The summed E-state index contributed by atoms with van der Waals surface area (Å²) in [5, 5.41) is 0. The summed E-state index contributed by atoms with van der Waals surface area (Å²) in [5.74, 6) is 0. The highest BCUT2D eigenvalue weighted by atomic mass is 15.0. The molecule has 0 aromatic rings. The molecule has 62 valence electrons. The highest BCUT2D eigenvalue weighted by Gasteiger charge is 1.68. The highest BCUT2D eigenvalue weighted by Crippen LogP contribution is 1.75. The summed E-state index contributed by atoms with van der Waals surface area (Å²) >= 11 is 0. The molecule has 0 amide bonds. The van der Waals surface area contributed by atoms with Crippen molar-refractivity contribution >= 4 is 0 Å². The molecular weight excluding hydrogens is 122 g/mol. The molecule has 0 rings (SSSR count). The fourth-order valence-corrected chi connectivity index (χ4v) is 0.0745. The van der Waals surface area contributed by atoms with Crippen molar-refractivity contribution in [2.45, 2.75) is 27.7 Å². The van der Waals surface area contributed by atoms with Gasteiger partial charge in [0.05, 0.1) is 0 Å². The second-order valence-electron chi connectivity index (χ2n) is 1.03. The van der Waals surface area contributed by atoms with Gasteiger partial charge >= 0.3 is 0 Å². The first-order valence-electron chi connectivity index (χ1n) is 3.78. The van der Waals surface area contributed by atoms with Gasteiger partial charge in [0, 0.05) is 7.05 Å². The molecule has 0 atom stereocenters. The number of hydrogen-bond acceptors (Lipinski definition) is 1. The van der Waals surface area contributed by atoms with E-state index in [2.05, 4.69) is 13.2 Å². The average Bonchev–Trinajstić information content (AvgIpc) is 2.10. The Labute approximate surface area is 66.1 Å².